The molecule has 3 saturated carbocycles. The molecule has 0 N–H and O–H groups in total. The highest BCUT2D eigenvalue weighted by molar-refractivity contribution is 5.73. The van der Waals surface area contributed by atoms with Crippen LogP contribution in [0.2, 0.25) is 0 Å². The van der Waals surface area contributed by atoms with E-state index in [1.165, 1.54) is 19.3 Å². The van der Waals surface area contributed by atoms with Crippen LogP contribution in [0.4, 0.5) is 0 Å². The lowest BCUT2D eigenvalue weighted by molar-refractivity contribution is -0.199. The molecule has 5 unspecified atom stereocenters. The third-order valence-electron chi connectivity index (χ3n) is 5.87. The van der Waals surface area contributed by atoms with E-state index in [1.54, 1.807) is 7.11 Å². The number of fused-ring (bicyclic) bond motifs is 5. The van der Waals surface area contributed by atoms with E-state index in [0.29, 0.717) is 0 Å². The van der Waals surface area contributed by atoms with E-state index in [0.717, 1.165) is 36.5 Å². The van der Waals surface area contributed by atoms with Crippen molar-refractivity contribution in [2.75, 3.05) is 7.11 Å². The van der Waals surface area contributed by atoms with Gasteiger partial charge in [-0.2, -0.15) is 0 Å². The zero-order chi connectivity index (χ0) is 14.5. The van der Waals surface area contributed by atoms with E-state index in [2.05, 4.69) is 0 Å². The molecule has 5 atom stereocenters. The first-order valence-electron chi connectivity index (χ1n) is 8.13. The Balaban J connectivity index is 1.59. The van der Waals surface area contributed by atoms with Gasteiger partial charge in [-0.1, -0.05) is 20.8 Å². The summed E-state index contributed by atoms with van der Waals surface area (Å²) in [5.41, 5.74) is -0.169. The molecule has 3 aliphatic rings. The largest absolute Gasteiger partial charge is 0.435 e. The molecule has 0 saturated heterocycles. The average molecular weight is 280 g/mol. The summed E-state index contributed by atoms with van der Waals surface area (Å²) in [7, 11) is 1.62. The van der Waals surface area contributed by atoms with E-state index in [-0.39, 0.29) is 17.3 Å². The van der Waals surface area contributed by atoms with Gasteiger partial charge in [-0.05, 0) is 55.8 Å². The lowest BCUT2D eigenvalue weighted by atomic mass is 9.82. The summed E-state index contributed by atoms with van der Waals surface area (Å²) < 4.78 is 11.0. The third kappa shape index (κ3) is 2.38. The summed E-state index contributed by atoms with van der Waals surface area (Å²) in [4.78, 5) is 12.4. The van der Waals surface area contributed by atoms with Gasteiger partial charge in [0, 0.05) is 12.5 Å². The van der Waals surface area contributed by atoms with Gasteiger partial charge in [-0.15, -0.1) is 0 Å². The Morgan fingerprint density at radius 1 is 1.05 bits per heavy atom. The topological polar surface area (TPSA) is 35.5 Å². The summed E-state index contributed by atoms with van der Waals surface area (Å²) in [6.07, 6.45) is 5.91. The molecule has 0 spiro atoms. The Bertz CT molecular complexity index is 366. The summed E-state index contributed by atoms with van der Waals surface area (Å²) >= 11 is 0. The molecule has 0 aromatic carbocycles. The zero-order valence-electron chi connectivity index (χ0n) is 13.2. The van der Waals surface area contributed by atoms with E-state index < -0.39 is 6.29 Å². The Kier molecular flexibility index (Phi) is 3.60. The van der Waals surface area contributed by atoms with Crippen LogP contribution < -0.4 is 0 Å². The van der Waals surface area contributed by atoms with Crippen LogP contribution in [0.3, 0.4) is 0 Å². The highest BCUT2D eigenvalue weighted by atomic mass is 16.7. The second-order valence-corrected chi connectivity index (χ2v) is 8.20. The molecule has 20 heavy (non-hydrogen) atoms. The molecule has 0 amide bonds. The number of hydrogen-bond acceptors (Lipinski definition) is 3. The molecular weight excluding hydrogens is 252 g/mol. The lowest BCUT2D eigenvalue weighted by Gasteiger charge is -2.29. The molecule has 2 bridgehead atoms. The highest BCUT2D eigenvalue weighted by Crippen LogP contribution is 2.60. The van der Waals surface area contributed by atoms with Gasteiger partial charge in [-0.3, -0.25) is 4.79 Å². The van der Waals surface area contributed by atoms with Gasteiger partial charge in [0.2, 0.25) is 6.29 Å². The minimum absolute atomic E-state index is 0.0272. The molecule has 0 aromatic rings. The smallest absolute Gasteiger partial charge is 0.311 e. The average Bonchev–Trinajstić information content (AvgIpc) is 3.04. The molecule has 114 valence electrons. The van der Waals surface area contributed by atoms with E-state index in [4.69, 9.17) is 9.47 Å². The predicted molar refractivity (Wildman–Crippen MR) is 76.9 cm³/mol. The molecule has 3 fully saturated rings. The van der Waals surface area contributed by atoms with Crippen molar-refractivity contribution in [2.24, 2.45) is 35.0 Å². The van der Waals surface area contributed by atoms with Crippen molar-refractivity contribution in [1.29, 1.82) is 0 Å². The van der Waals surface area contributed by atoms with Crippen molar-refractivity contribution in [3.05, 3.63) is 0 Å². The number of rotatable bonds is 3. The lowest BCUT2D eigenvalue weighted by Crippen LogP contribution is -2.35. The predicted octanol–water partition coefficient (Wildman–Crippen LogP) is 3.62. The summed E-state index contributed by atoms with van der Waals surface area (Å²) in [6, 6.07) is 0. The van der Waals surface area contributed by atoms with Crippen LogP contribution >= 0.6 is 0 Å². The molecule has 3 aliphatic carbocycles. The normalized spacial score (nSPS) is 40.7. The maximum absolute atomic E-state index is 12.4. The Labute approximate surface area is 122 Å². The fourth-order valence-electron chi connectivity index (χ4n) is 4.99. The maximum atomic E-state index is 12.4. The van der Waals surface area contributed by atoms with Crippen LogP contribution in [-0.2, 0) is 14.3 Å². The third-order valence-corrected chi connectivity index (χ3v) is 5.87. The maximum Gasteiger partial charge on any atom is 0.311 e. The second kappa shape index (κ2) is 5.01. The van der Waals surface area contributed by atoms with Crippen molar-refractivity contribution in [3.63, 3.8) is 0 Å². The second-order valence-electron chi connectivity index (χ2n) is 8.20. The molecule has 0 heterocycles. The monoisotopic (exact) mass is 280 g/mol. The van der Waals surface area contributed by atoms with Gasteiger partial charge in [0.1, 0.15) is 0 Å². The van der Waals surface area contributed by atoms with Crippen LogP contribution in [0.25, 0.3) is 0 Å². The Morgan fingerprint density at radius 2 is 1.60 bits per heavy atom. The molecule has 0 aromatic heterocycles. The number of ether oxygens (including phenoxy) is 2. The summed E-state index contributed by atoms with van der Waals surface area (Å²) in [5, 5.41) is 0. The first-order chi connectivity index (χ1) is 9.40. The van der Waals surface area contributed by atoms with Crippen molar-refractivity contribution >= 4 is 5.97 Å². The fourth-order valence-corrected chi connectivity index (χ4v) is 4.99. The van der Waals surface area contributed by atoms with Gasteiger partial charge in [0.15, 0.2) is 0 Å². The van der Waals surface area contributed by atoms with Crippen molar-refractivity contribution < 1.29 is 14.3 Å². The quantitative estimate of drug-likeness (QED) is 0.585. The molecule has 3 nitrogen and oxygen atoms in total. The van der Waals surface area contributed by atoms with Crippen LogP contribution in [-0.4, -0.2) is 19.4 Å². The van der Waals surface area contributed by atoms with Gasteiger partial charge in [0.25, 0.3) is 0 Å². The van der Waals surface area contributed by atoms with Gasteiger partial charge >= 0.3 is 5.97 Å². The minimum atomic E-state index is -0.438. The molecule has 3 rings (SSSR count). The van der Waals surface area contributed by atoms with E-state index in [1.807, 2.05) is 20.8 Å². The molecule has 3 heteroatoms. The Hall–Kier alpha value is -0.570. The fraction of sp³-hybridized carbons (Fsp3) is 0.941. The number of hydrogen-bond donors (Lipinski definition) is 0. The van der Waals surface area contributed by atoms with Gasteiger partial charge in [-0.25, -0.2) is 0 Å². The van der Waals surface area contributed by atoms with Crippen molar-refractivity contribution in [3.8, 4) is 0 Å². The number of esters is 1. The van der Waals surface area contributed by atoms with Gasteiger partial charge in [0.05, 0.1) is 5.92 Å². The van der Waals surface area contributed by atoms with Crippen LogP contribution in [0.5, 0.6) is 0 Å². The number of methoxy groups -OCH3 is 1. The highest BCUT2D eigenvalue weighted by Gasteiger charge is 2.53. The van der Waals surface area contributed by atoms with E-state index in [9.17, 15) is 4.79 Å². The zero-order valence-corrected chi connectivity index (χ0v) is 13.2. The summed E-state index contributed by atoms with van der Waals surface area (Å²) in [6.45, 7) is 6.12. The molecule has 0 radical (unpaired) electrons. The minimum Gasteiger partial charge on any atom is -0.435 e. The first kappa shape index (κ1) is 14.4. The molecular formula is C17H28O3. The number of carbonyl (C=O) groups excluding carboxylic acids is 1. The van der Waals surface area contributed by atoms with Crippen LogP contribution in [0.1, 0.15) is 52.9 Å². The standard InChI is InChI=1S/C17H28O3/c1-17(2,3)16(19-4)20-15(18)12-8-13-10-5-6-11(7-10)14(13)9-12/h10-14,16H,5-9H2,1-4H3. The van der Waals surface area contributed by atoms with Crippen molar-refractivity contribution in [2.45, 2.75) is 59.2 Å². The molecule has 0 aliphatic heterocycles. The summed E-state index contributed by atoms with van der Waals surface area (Å²) in [5.74, 6) is 3.52. The number of carbonyl (C=O) groups is 1. The first-order valence-corrected chi connectivity index (χ1v) is 8.13. The SMILES string of the molecule is COC(OC(=O)C1CC2C3CCC(C3)C2C1)C(C)(C)C. The van der Waals surface area contributed by atoms with Crippen molar-refractivity contribution in [1.82, 2.24) is 0 Å². The van der Waals surface area contributed by atoms with Crippen LogP contribution in [0, 0.1) is 35.0 Å². The van der Waals surface area contributed by atoms with E-state index >= 15 is 0 Å². The van der Waals surface area contributed by atoms with Crippen LogP contribution in [0.15, 0.2) is 0 Å². The van der Waals surface area contributed by atoms with Gasteiger partial charge < -0.3 is 9.47 Å². The Morgan fingerprint density at radius 3 is 2.05 bits per heavy atom.